The van der Waals surface area contributed by atoms with Crippen molar-refractivity contribution in [3.8, 4) is 23.0 Å². The van der Waals surface area contributed by atoms with Crippen molar-refractivity contribution in [1.82, 2.24) is 9.91 Å². The van der Waals surface area contributed by atoms with Crippen molar-refractivity contribution in [3.05, 3.63) is 52.8 Å². The van der Waals surface area contributed by atoms with E-state index in [9.17, 15) is 39.9 Å². The predicted octanol–water partition coefficient (Wildman–Crippen LogP) is 3.66. The third kappa shape index (κ3) is 7.05. The number of aliphatic hydroxyl groups excluding tert-OH is 2. The molecular formula is C42H54N4O12. The summed E-state index contributed by atoms with van der Waals surface area (Å²) in [7, 11) is 3.34. The van der Waals surface area contributed by atoms with Gasteiger partial charge < -0.3 is 54.7 Å². The Morgan fingerprint density at radius 3 is 2.29 bits per heavy atom. The molecule has 0 aliphatic carbocycles. The van der Waals surface area contributed by atoms with Gasteiger partial charge in [0.2, 0.25) is 0 Å². The first-order chi connectivity index (χ1) is 27.3. The van der Waals surface area contributed by atoms with Crippen molar-refractivity contribution >= 4 is 40.3 Å². The number of carbonyl (C=O) groups is 3. The van der Waals surface area contributed by atoms with E-state index in [2.05, 4.69) is 15.3 Å². The van der Waals surface area contributed by atoms with Crippen molar-refractivity contribution in [2.75, 3.05) is 45.7 Å². The molecule has 2 aromatic carbocycles. The highest BCUT2D eigenvalue weighted by Crippen LogP contribution is 2.60. The maximum absolute atomic E-state index is 14.6. The van der Waals surface area contributed by atoms with E-state index in [0.29, 0.717) is 26.2 Å². The van der Waals surface area contributed by atoms with Gasteiger partial charge in [0.25, 0.3) is 11.7 Å². The number of anilines is 1. The highest BCUT2D eigenvalue weighted by Gasteiger charge is 2.58. The molecule has 16 heteroatoms. The van der Waals surface area contributed by atoms with E-state index < -0.39 is 93.7 Å². The van der Waals surface area contributed by atoms with Gasteiger partial charge in [-0.05, 0) is 27.0 Å². The van der Waals surface area contributed by atoms with Crippen LogP contribution in [0.25, 0.3) is 10.8 Å². The van der Waals surface area contributed by atoms with Crippen LogP contribution in [0, 0.1) is 17.8 Å². The van der Waals surface area contributed by atoms with Crippen molar-refractivity contribution in [1.29, 1.82) is 0 Å². The van der Waals surface area contributed by atoms with Crippen LogP contribution >= 0.6 is 0 Å². The van der Waals surface area contributed by atoms with E-state index in [1.165, 1.54) is 52.5 Å². The molecule has 314 valence electrons. The number of esters is 1. The maximum atomic E-state index is 14.6. The second-order valence-corrected chi connectivity index (χ2v) is 16.2. The fraction of sp³-hybridized carbons (Fsp3) is 0.524. The molecule has 1 amide bonds. The molecule has 6 rings (SSSR count). The zero-order valence-corrected chi connectivity index (χ0v) is 34.3. The number of rotatable bonds is 4. The van der Waals surface area contributed by atoms with Gasteiger partial charge in [-0.1, -0.05) is 39.0 Å². The number of carbonyl (C=O) groups excluding carboxylic acids is 3. The Kier molecular flexibility index (Phi) is 11.6. The third-order valence-corrected chi connectivity index (χ3v) is 12.2. The number of phenolic OH excluding ortho intramolecular Hbond substituents is 3. The number of aromatic hydroxyl groups is 3. The Morgan fingerprint density at radius 2 is 1.66 bits per heavy atom. The number of fused-ring (bicyclic) bond motifs is 3. The summed E-state index contributed by atoms with van der Waals surface area (Å²) in [4.78, 5) is 43.7. The van der Waals surface area contributed by atoms with Gasteiger partial charge in [-0.25, -0.2) is 0 Å². The van der Waals surface area contributed by atoms with Crippen molar-refractivity contribution in [2.45, 2.75) is 84.1 Å². The number of nitrogens with one attached hydrogen (secondary N) is 1. The Hall–Kier alpha value is -5.16. The second kappa shape index (κ2) is 15.9. The first-order valence-corrected chi connectivity index (χ1v) is 19.4. The summed E-state index contributed by atoms with van der Waals surface area (Å²) in [5.41, 5.74) is -2.60. The number of phenols is 3. The topological polar surface area (TPSA) is 220 Å². The van der Waals surface area contributed by atoms with Gasteiger partial charge in [-0.3, -0.25) is 19.4 Å². The maximum Gasteiger partial charge on any atom is 0.312 e. The molecule has 58 heavy (non-hydrogen) atoms. The van der Waals surface area contributed by atoms with Gasteiger partial charge in [0.1, 0.15) is 23.4 Å². The number of amides is 1. The summed E-state index contributed by atoms with van der Waals surface area (Å²) >= 11 is 0. The van der Waals surface area contributed by atoms with Gasteiger partial charge in [0.15, 0.2) is 5.75 Å². The second-order valence-electron chi connectivity index (χ2n) is 16.2. The van der Waals surface area contributed by atoms with Gasteiger partial charge in [0, 0.05) is 75.8 Å². The monoisotopic (exact) mass is 806 g/mol. The van der Waals surface area contributed by atoms with Crippen LogP contribution in [0.5, 0.6) is 23.0 Å². The lowest BCUT2D eigenvalue weighted by Crippen LogP contribution is -2.55. The smallest absolute Gasteiger partial charge is 0.312 e. The molecule has 1 saturated heterocycles. The molecule has 4 aliphatic heterocycles. The molecule has 16 nitrogen and oxygen atoms in total. The SMILES string of the molecule is COC1/C=C/OC2(C)Oc3c4c(O)c5c(O)c(c(/C=N/N6CCN(C)CC6)c(O)c5c3C2=O)NC(=O)/C(C)=C\C=C\C(C)C(O)C(C)C(O)C(C)C(OC(C)=O)C41C. The number of hydrogen-bond acceptors (Lipinski definition) is 15. The predicted molar refractivity (Wildman–Crippen MR) is 214 cm³/mol. The minimum absolute atomic E-state index is 0.170. The number of aliphatic hydroxyl groups is 2. The average Bonchev–Trinajstić information content (AvgIpc) is 3.45. The summed E-state index contributed by atoms with van der Waals surface area (Å²) in [5.74, 6) is -9.01. The summed E-state index contributed by atoms with van der Waals surface area (Å²) in [5, 5.41) is 69.1. The van der Waals surface area contributed by atoms with E-state index in [4.69, 9.17) is 18.9 Å². The number of hydrazone groups is 1. The highest BCUT2D eigenvalue weighted by molar-refractivity contribution is 6.24. The van der Waals surface area contributed by atoms with Crippen LogP contribution in [-0.2, 0) is 29.2 Å². The number of allylic oxidation sites excluding steroid dienone is 2. The van der Waals surface area contributed by atoms with Crippen LogP contribution in [0.3, 0.4) is 0 Å². The number of ketones is 1. The van der Waals surface area contributed by atoms with Crippen molar-refractivity contribution in [3.63, 3.8) is 0 Å². The van der Waals surface area contributed by atoms with Crippen LogP contribution in [0.4, 0.5) is 5.69 Å². The zero-order chi connectivity index (χ0) is 42.6. The summed E-state index contributed by atoms with van der Waals surface area (Å²) in [6, 6.07) is 0. The Morgan fingerprint density at radius 1 is 0.983 bits per heavy atom. The molecule has 5 bridgehead atoms. The number of methoxy groups -OCH3 is 1. The minimum Gasteiger partial charge on any atom is -0.507 e. The number of piperazine rings is 1. The first-order valence-electron chi connectivity index (χ1n) is 19.4. The number of Topliss-reactive ketones (excluding diaryl/α,β-unsaturated/α-hetero) is 1. The minimum atomic E-state index is -2.07. The number of ether oxygens (including phenoxy) is 4. The van der Waals surface area contributed by atoms with Gasteiger partial charge in [-0.15, -0.1) is 0 Å². The molecule has 0 radical (unpaired) electrons. The van der Waals surface area contributed by atoms with Crippen LogP contribution in [0.1, 0.15) is 70.0 Å². The molecule has 9 atom stereocenters. The lowest BCUT2D eigenvalue weighted by Gasteiger charge is -2.46. The third-order valence-electron chi connectivity index (χ3n) is 12.2. The molecule has 9 unspecified atom stereocenters. The van der Waals surface area contributed by atoms with Crippen LogP contribution in [-0.4, -0.2) is 130 Å². The summed E-state index contributed by atoms with van der Waals surface area (Å²) in [6.07, 6.45) is 3.63. The van der Waals surface area contributed by atoms with E-state index in [-0.39, 0.29) is 39.1 Å². The zero-order valence-electron chi connectivity index (χ0n) is 34.3. The number of nitrogens with zero attached hydrogens (tertiary/aromatic N) is 3. The highest BCUT2D eigenvalue weighted by atomic mass is 16.7. The number of likely N-dealkylation sites (N-methyl/N-ethyl adjacent to an activating group) is 1. The molecule has 0 spiro atoms. The van der Waals surface area contributed by atoms with E-state index in [1.54, 1.807) is 44.9 Å². The first kappa shape index (κ1) is 42.4. The summed E-state index contributed by atoms with van der Waals surface area (Å²) in [6.45, 7) is 13.1. The molecule has 0 aromatic heterocycles. The molecule has 1 fully saturated rings. The van der Waals surface area contributed by atoms with Crippen LogP contribution < -0.4 is 10.1 Å². The number of benzene rings is 2. The molecule has 4 heterocycles. The molecule has 2 aromatic rings. The van der Waals surface area contributed by atoms with Crippen LogP contribution in [0.15, 0.2) is 41.2 Å². The Labute approximate surface area is 337 Å². The largest absolute Gasteiger partial charge is 0.507 e. The number of hydrogen-bond donors (Lipinski definition) is 6. The standard InChI is InChI=1S/C42H54N4O12/c1-20-11-10-12-21(2)40(54)44-31-25(19-43-46-16-14-45(8)15-17-46)34(50)27-28(36(31)52)35(51)30-37-29(27)38(53)42(7,58-37)56-18-13-26(55-9)41(30,6)39(57-24(5)47)23(4)33(49)22(3)32(20)48/h10-13,18-20,22-23,26,32-33,39,48-52H,14-17H2,1-9H3,(H,44,54)/b11-10+,18-13+,21-12-,43-19+. The molecule has 6 N–H and O–H groups in total. The lowest BCUT2D eigenvalue weighted by molar-refractivity contribution is -0.164. The van der Waals surface area contributed by atoms with Crippen molar-refractivity contribution in [2.24, 2.45) is 22.9 Å². The van der Waals surface area contributed by atoms with E-state index in [0.717, 1.165) is 0 Å². The van der Waals surface area contributed by atoms with Gasteiger partial charge in [-0.2, -0.15) is 5.10 Å². The molecule has 0 saturated carbocycles. The Bertz CT molecular complexity index is 2120. The molecule has 4 aliphatic rings. The van der Waals surface area contributed by atoms with Crippen LogP contribution in [0.2, 0.25) is 0 Å². The molecular weight excluding hydrogens is 752 g/mol. The van der Waals surface area contributed by atoms with E-state index >= 15 is 0 Å². The summed E-state index contributed by atoms with van der Waals surface area (Å²) < 4.78 is 24.4. The quantitative estimate of drug-likeness (QED) is 0.113. The van der Waals surface area contributed by atoms with Gasteiger partial charge >= 0.3 is 11.8 Å². The lowest BCUT2D eigenvalue weighted by atomic mass is 9.65. The normalized spacial score (nSPS) is 34.0. The van der Waals surface area contributed by atoms with Crippen molar-refractivity contribution < 1.29 is 58.9 Å². The average molecular weight is 807 g/mol. The van der Waals surface area contributed by atoms with Gasteiger partial charge in [0.05, 0.1) is 64.0 Å². The fourth-order valence-corrected chi connectivity index (χ4v) is 8.64. The fourth-order valence-electron chi connectivity index (χ4n) is 8.64. The van der Waals surface area contributed by atoms with E-state index in [1.807, 2.05) is 7.05 Å². The Balaban J connectivity index is 1.78.